The summed E-state index contributed by atoms with van der Waals surface area (Å²) in [7, 11) is 0. The maximum absolute atomic E-state index is 5.45. The molecule has 3 N–H and O–H groups in total. The van der Waals surface area contributed by atoms with E-state index in [4.69, 9.17) is 5.73 Å². The monoisotopic (exact) mass is 240 g/mol. The summed E-state index contributed by atoms with van der Waals surface area (Å²) in [5.41, 5.74) is 5.45. The fourth-order valence-electron chi connectivity index (χ4n) is 1.37. The molecule has 0 bridgehead atoms. The van der Waals surface area contributed by atoms with Crippen LogP contribution in [-0.4, -0.2) is 28.5 Å². The Morgan fingerprint density at radius 2 is 2.00 bits per heavy atom. The van der Waals surface area contributed by atoms with E-state index in [1.54, 1.807) is 12.4 Å². The fourth-order valence-corrected chi connectivity index (χ4v) is 1.86. The van der Waals surface area contributed by atoms with Crippen molar-refractivity contribution in [3.63, 3.8) is 0 Å². The molecule has 90 valence electrons. The lowest BCUT2D eigenvalue weighted by atomic mass is 10.2. The van der Waals surface area contributed by atoms with Gasteiger partial charge in [-0.1, -0.05) is 12.8 Å². The second-order valence-electron chi connectivity index (χ2n) is 3.66. The molecule has 1 aromatic heterocycles. The normalized spacial score (nSPS) is 10.3. The molecular weight excluding hydrogens is 220 g/mol. The van der Waals surface area contributed by atoms with Gasteiger partial charge in [0.05, 0.1) is 12.4 Å². The highest BCUT2D eigenvalue weighted by Gasteiger charge is 1.94. The smallest absolute Gasteiger partial charge is 0.144 e. The Kier molecular flexibility index (Phi) is 6.72. The zero-order valence-electron chi connectivity index (χ0n) is 9.78. The second-order valence-corrected chi connectivity index (χ2v) is 4.65. The number of aromatic nitrogens is 2. The Bertz CT molecular complexity index is 276. The summed E-state index contributed by atoms with van der Waals surface area (Å²) in [6.45, 7) is 0.956. The molecule has 0 amide bonds. The van der Waals surface area contributed by atoms with Crippen molar-refractivity contribution < 1.29 is 0 Å². The topological polar surface area (TPSA) is 63.8 Å². The Labute approximate surface area is 101 Å². The van der Waals surface area contributed by atoms with Gasteiger partial charge in [0, 0.05) is 6.54 Å². The number of thioether (sulfide) groups is 1. The fraction of sp³-hybridized carbons (Fsp3) is 0.636. The molecule has 0 radical (unpaired) electrons. The summed E-state index contributed by atoms with van der Waals surface area (Å²) in [6, 6.07) is 0. The van der Waals surface area contributed by atoms with Crippen LogP contribution < -0.4 is 11.1 Å². The van der Waals surface area contributed by atoms with Crippen LogP contribution in [-0.2, 0) is 0 Å². The molecule has 0 aliphatic carbocycles. The molecule has 0 aliphatic heterocycles. The van der Waals surface area contributed by atoms with Crippen molar-refractivity contribution in [1.29, 1.82) is 0 Å². The third-order valence-electron chi connectivity index (χ3n) is 2.25. The van der Waals surface area contributed by atoms with Crippen molar-refractivity contribution in [3.8, 4) is 0 Å². The number of nitrogens with zero attached hydrogens (tertiary/aromatic N) is 2. The summed E-state index contributed by atoms with van der Waals surface area (Å²) < 4.78 is 0. The molecule has 0 saturated carbocycles. The quantitative estimate of drug-likeness (QED) is 0.683. The van der Waals surface area contributed by atoms with Crippen molar-refractivity contribution >= 4 is 23.4 Å². The number of hydrogen-bond acceptors (Lipinski definition) is 5. The van der Waals surface area contributed by atoms with Gasteiger partial charge < -0.3 is 11.1 Å². The first-order valence-electron chi connectivity index (χ1n) is 5.63. The van der Waals surface area contributed by atoms with Gasteiger partial charge in [-0.25, -0.2) is 9.97 Å². The van der Waals surface area contributed by atoms with Crippen LogP contribution in [0.5, 0.6) is 0 Å². The lowest BCUT2D eigenvalue weighted by Crippen LogP contribution is -2.04. The largest absolute Gasteiger partial charge is 0.382 e. The van der Waals surface area contributed by atoms with Gasteiger partial charge in [-0.05, 0) is 24.9 Å². The lowest BCUT2D eigenvalue weighted by Gasteiger charge is -2.04. The predicted molar refractivity (Wildman–Crippen MR) is 71.8 cm³/mol. The molecule has 4 nitrogen and oxygen atoms in total. The molecule has 16 heavy (non-hydrogen) atoms. The van der Waals surface area contributed by atoms with Gasteiger partial charge in [0.15, 0.2) is 0 Å². The first-order chi connectivity index (χ1) is 7.83. The molecule has 1 aromatic rings. The number of nitrogen functional groups attached to an aromatic ring is 1. The van der Waals surface area contributed by atoms with Crippen LogP contribution >= 0.6 is 11.8 Å². The third-order valence-corrected chi connectivity index (χ3v) is 2.95. The van der Waals surface area contributed by atoms with Crippen molar-refractivity contribution in [2.75, 3.05) is 29.6 Å². The maximum atomic E-state index is 5.45. The number of nitrogens with two attached hydrogens (primary N) is 1. The molecule has 0 aromatic carbocycles. The lowest BCUT2D eigenvalue weighted by molar-refractivity contribution is 0.688. The van der Waals surface area contributed by atoms with E-state index in [9.17, 15) is 0 Å². The molecule has 5 heteroatoms. The second kappa shape index (κ2) is 8.21. The molecule has 0 saturated heterocycles. The number of anilines is 2. The van der Waals surface area contributed by atoms with E-state index in [1.807, 2.05) is 11.8 Å². The highest BCUT2D eigenvalue weighted by Crippen LogP contribution is 2.06. The minimum absolute atomic E-state index is 0.461. The maximum Gasteiger partial charge on any atom is 0.144 e. The first-order valence-corrected chi connectivity index (χ1v) is 7.02. The van der Waals surface area contributed by atoms with Gasteiger partial charge in [0.1, 0.15) is 11.6 Å². The minimum Gasteiger partial charge on any atom is -0.382 e. The van der Waals surface area contributed by atoms with Crippen LogP contribution in [0.1, 0.15) is 25.7 Å². The average Bonchev–Trinajstić information content (AvgIpc) is 2.30. The highest BCUT2D eigenvalue weighted by molar-refractivity contribution is 7.98. The van der Waals surface area contributed by atoms with Crippen LogP contribution in [0.4, 0.5) is 11.6 Å². The zero-order chi connectivity index (χ0) is 11.6. The average molecular weight is 240 g/mol. The van der Waals surface area contributed by atoms with Gasteiger partial charge in [0.25, 0.3) is 0 Å². The van der Waals surface area contributed by atoms with Gasteiger partial charge in [-0.15, -0.1) is 0 Å². The summed E-state index contributed by atoms with van der Waals surface area (Å²) in [6.07, 6.45) is 10.5. The van der Waals surface area contributed by atoms with Gasteiger partial charge in [-0.3, -0.25) is 0 Å². The summed E-state index contributed by atoms with van der Waals surface area (Å²) in [5, 5.41) is 3.23. The molecule has 0 fully saturated rings. The Morgan fingerprint density at radius 1 is 1.19 bits per heavy atom. The number of rotatable bonds is 8. The van der Waals surface area contributed by atoms with Crippen molar-refractivity contribution in [2.24, 2.45) is 0 Å². The number of unbranched alkanes of at least 4 members (excludes halogenated alkanes) is 3. The molecule has 0 atom stereocenters. The Balaban J connectivity index is 2.01. The van der Waals surface area contributed by atoms with E-state index in [0.717, 1.165) is 12.4 Å². The highest BCUT2D eigenvalue weighted by atomic mass is 32.2. The van der Waals surface area contributed by atoms with Crippen LogP contribution in [0, 0.1) is 0 Å². The minimum atomic E-state index is 0.461. The van der Waals surface area contributed by atoms with Crippen LogP contribution in [0.2, 0.25) is 0 Å². The van der Waals surface area contributed by atoms with Crippen LogP contribution in [0.25, 0.3) is 0 Å². The van der Waals surface area contributed by atoms with Gasteiger partial charge >= 0.3 is 0 Å². The SMILES string of the molecule is CSCCCCCCNc1cnc(N)cn1. The van der Waals surface area contributed by atoms with E-state index < -0.39 is 0 Å². The Morgan fingerprint density at radius 3 is 2.69 bits per heavy atom. The van der Waals surface area contributed by atoms with E-state index >= 15 is 0 Å². The van der Waals surface area contributed by atoms with E-state index in [2.05, 4.69) is 21.5 Å². The van der Waals surface area contributed by atoms with Gasteiger partial charge in [0.2, 0.25) is 0 Å². The number of hydrogen-bond donors (Lipinski definition) is 2. The van der Waals surface area contributed by atoms with E-state index in [1.165, 1.54) is 31.4 Å². The summed E-state index contributed by atoms with van der Waals surface area (Å²) in [4.78, 5) is 8.09. The van der Waals surface area contributed by atoms with Gasteiger partial charge in [-0.2, -0.15) is 11.8 Å². The van der Waals surface area contributed by atoms with Crippen molar-refractivity contribution in [2.45, 2.75) is 25.7 Å². The molecule has 0 unspecified atom stereocenters. The van der Waals surface area contributed by atoms with Crippen LogP contribution in [0.3, 0.4) is 0 Å². The Hall–Kier alpha value is -0.970. The first kappa shape index (κ1) is 13.1. The molecule has 0 spiro atoms. The van der Waals surface area contributed by atoms with Crippen molar-refractivity contribution in [3.05, 3.63) is 12.4 Å². The summed E-state index contributed by atoms with van der Waals surface area (Å²) >= 11 is 1.92. The molecule has 1 rings (SSSR count). The van der Waals surface area contributed by atoms with Crippen LogP contribution in [0.15, 0.2) is 12.4 Å². The molecular formula is C11H20N4S. The standard InChI is InChI=1S/C11H20N4S/c1-16-7-5-3-2-4-6-13-11-9-14-10(12)8-15-11/h8-9H,2-7H2,1H3,(H2,12,14)(H,13,15). The zero-order valence-corrected chi connectivity index (χ0v) is 10.6. The molecule has 0 aliphatic rings. The van der Waals surface area contributed by atoms with E-state index in [-0.39, 0.29) is 0 Å². The summed E-state index contributed by atoms with van der Waals surface area (Å²) in [5.74, 6) is 2.54. The number of nitrogens with one attached hydrogen (secondary N) is 1. The van der Waals surface area contributed by atoms with E-state index in [0.29, 0.717) is 5.82 Å². The van der Waals surface area contributed by atoms with Crippen molar-refractivity contribution in [1.82, 2.24) is 9.97 Å². The third kappa shape index (κ3) is 5.80. The predicted octanol–water partition coefficient (Wildman–Crippen LogP) is 2.39. The molecule has 1 heterocycles.